The maximum absolute atomic E-state index is 10.6. The first-order valence-corrected chi connectivity index (χ1v) is 6.32. The van der Waals surface area contributed by atoms with Crippen molar-refractivity contribution in [1.82, 2.24) is 0 Å². The average molecular weight is 308 g/mol. The number of carbonyl (C=O) groups is 3. The molecule has 0 bridgehead atoms. The van der Waals surface area contributed by atoms with Crippen LogP contribution in [0.3, 0.4) is 0 Å². The van der Waals surface area contributed by atoms with E-state index in [1.807, 2.05) is 0 Å². The van der Waals surface area contributed by atoms with Crippen molar-refractivity contribution in [2.24, 2.45) is 23.1 Å². The fourth-order valence-corrected chi connectivity index (χ4v) is 1.12. The summed E-state index contributed by atoms with van der Waals surface area (Å²) in [5.74, 6) is 1.86. The van der Waals surface area contributed by atoms with Gasteiger partial charge in [-0.2, -0.15) is 5.90 Å². The molecule has 0 aliphatic heterocycles. The lowest BCUT2D eigenvalue weighted by atomic mass is 10.1. The first-order chi connectivity index (χ1) is 9.76. The van der Waals surface area contributed by atoms with E-state index in [4.69, 9.17) is 27.4 Å². The third-order valence-electron chi connectivity index (χ3n) is 2.37. The van der Waals surface area contributed by atoms with Crippen LogP contribution >= 0.6 is 0 Å². The molecule has 0 aromatic heterocycles. The van der Waals surface area contributed by atoms with Gasteiger partial charge < -0.3 is 32.3 Å². The Morgan fingerprint density at radius 2 is 1.57 bits per heavy atom. The Morgan fingerprint density at radius 3 is 1.95 bits per heavy atom. The lowest BCUT2D eigenvalue weighted by Crippen LogP contribution is -2.33. The van der Waals surface area contributed by atoms with Gasteiger partial charge in [0.2, 0.25) is 0 Å². The van der Waals surface area contributed by atoms with Gasteiger partial charge in [-0.05, 0) is 25.8 Å². The maximum Gasteiger partial charge on any atom is 0.341 e. The number of unbranched alkanes of at least 4 members (excludes halogenated alkanes) is 1. The lowest BCUT2D eigenvalue weighted by Gasteiger charge is -2.06. The number of aliphatic carboxylic acids is 2. The fourth-order valence-electron chi connectivity index (χ4n) is 1.12. The number of carbonyl (C=O) groups excluding carboxylic acids is 1. The Balaban J connectivity index is 0. The number of carboxylic acid groups (broad SMARTS) is 2. The minimum atomic E-state index is -1.17. The molecule has 0 rings (SSSR count). The SMILES string of the molecule is NCCCC[C@H](N)C(=O)ON.N[C@@H](CCC(=O)O)C(=O)O. The van der Waals surface area contributed by atoms with E-state index in [9.17, 15) is 14.4 Å². The molecule has 0 aromatic rings. The molecule has 0 saturated heterocycles. The molecule has 2 atom stereocenters. The number of carboxylic acids is 2. The summed E-state index contributed by atoms with van der Waals surface area (Å²) in [6, 6.07) is -1.66. The summed E-state index contributed by atoms with van der Waals surface area (Å²) in [5.41, 5.74) is 15.6. The molecular weight excluding hydrogens is 284 g/mol. The van der Waals surface area contributed by atoms with Gasteiger partial charge in [-0.3, -0.25) is 9.59 Å². The Labute approximate surface area is 122 Å². The van der Waals surface area contributed by atoms with Crippen LogP contribution in [0.2, 0.25) is 0 Å². The molecule has 10 heteroatoms. The molecule has 0 amide bonds. The summed E-state index contributed by atoms with van der Waals surface area (Å²) in [7, 11) is 0. The highest BCUT2D eigenvalue weighted by Gasteiger charge is 2.13. The molecule has 0 aromatic carbocycles. The van der Waals surface area contributed by atoms with Crippen molar-refractivity contribution in [3.8, 4) is 0 Å². The Morgan fingerprint density at radius 1 is 1.00 bits per heavy atom. The number of rotatable bonds is 9. The van der Waals surface area contributed by atoms with Crippen molar-refractivity contribution in [3.05, 3.63) is 0 Å². The van der Waals surface area contributed by atoms with E-state index < -0.39 is 30.0 Å². The topological polar surface area (TPSA) is 205 Å². The van der Waals surface area contributed by atoms with Crippen LogP contribution in [0.15, 0.2) is 0 Å². The molecule has 124 valence electrons. The van der Waals surface area contributed by atoms with Crippen molar-refractivity contribution < 1.29 is 29.4 Å². The van der Waals surface area contributed by atoms with Crippen LogP contribution in [-0.2, 0) is 19.2 Å². The quantitative estimate of drug-likeness (QED) is 0.206. The van der Waals surface area contributed by atoms with Gasteiger partial charge in [-0.15, -0.1) is 0 Å². The van der Waals surface area contributed by atoms with Gasteiger partial charge >= 0.3 is 17.9 Å². The van der Waals surface area contributed by atoms with Gasteiger partial charge in [0.25, 0.3) is 0 Å². The molecule has 0 aliphatic rings. The molecule has 0 unspecified atom stereocenters. The summed E-state index contributed by atoms with van der Waals surface area (Å²) >= 11 is 0. The normalized spacial score (nSPS) is 12.6. The molecule has 0 radical (unpaired) electrons. The highest BCUT2D eigenvalue weighted by atomic mass is 16.7. The van der Waals surface area contributed by atoms with E-state index in [1.165, 1.54) is 0 Å². The summed E-state index contributed by atoms with van der Waals surface area (Å²) in [4.78, 5) is 34.4. The Hall–Kier alpha value is -1.75. The fraction of sp³-hybridized carbons (Fsp3) is 0.727. The zero-order valence-corrected chi connectivity index (χ0v) is 11.7. The highest BCUT2D eigenvalue weighted by Crippen LogP contribution is 1.98. The largest absolute Gasteiger partial charge is 0.481 e. The molecule has 0 fully saturated rings. The molecule has 0 saturated carbocycles. The molecule has 0 aliphatic carbocycles. The Bertz CT molecular complexity index is 326. The zero-order valence-electron chi connectivity index (χ0n) is 11.7. The van der Waals surface area contributed by atoms with Crippen LogP contribution < -0.4 is 23.1 Å². The molecular formula is C11H24N4O6. The molecule has 0 heterocycles. The van der Waals surface area contributed by atoms with Crippen molar-refractivity contribution in [2.75, 3.05) is 6.54 Å². The van der Waals surface area contributed by atoms with E-state index >= 15 is 0 Å². The first-order valence-electron chi connectivity index (χ1n) is 6.32. The monoisotopic (exact) mass is 308 g/mol. The second kappa shape index (κ2) is 13.2. The summed E-state index contributed by atoms with van der Waals surface area (Å²) < 4.78 is 0. The van der Waals surface area contributed by atoms with Crippen molar-refractivity contribution in [2.45, 2.75) is 44.2 Å². The lowest BCUT2D eigenvalue weighted by molar-refractivity contribution is -0.146. The van der Waals surface area contributed by atoms with Crippen LogP contribution in [0.1, 0.15) is 32.1 Å². The third-order valence-corrected chi connectivity index (χ3v) is 2.37. The van der Waals surface area contributed by atoms with E-state index in [1.54, 1.807) is 0 Å². The minimum absolute atomic E-state index is 0.0231. The summed E-state index contributed by atoms with van der Waals surface area (Å²) in [6.07, 6.45) is 2.05. The summed E-state index contributed by atoms with van der Waals surface area (Å²) in [6.45, 7) is 0.615. The van der Waals surface area contributed by atoms with Gasteiger partial charge in [-0.25, -0.2) is 4.79 Å². The van der Waals surface area contributed by atoms with Crippen LogP contribution in [0.25, 0.3) is 0 Å². The smallest absolute Gasteiger partial charge is 0.341 e. The van der Waals surface area contributed by atoms with Crippen molar-refractivity contribution >= 4 is 17.9 Å². The standard InChI is InChI=1S/C6H15N3O2.C5H9NO4/c7-4-2-1-3-5(8)6(10)11-9;6-3(5(9)10)1-2-4(7)8/h5H,1-4,7-9H2;3H,1-2,6H2,(H,7,8)(H,9,10)/t5-;3-/m00/s1. The van der Waals surface area contributed by atoms with E-state index in [2.05, 4.69) is 10.7 Å². The van der Waals surface area contributed by atoms with Crippen LogP contribution in [0.5, 0.6) is 0 Å². The van der Waals surface area contributed by atoms with Gasteiger partial charge in [-0.1, -0.05) is 6.42 Å². The van der Waals surface area contributed by atoms with Crippen molar-refractivity contribution in [1.29, 1.82) is 0 Å². The molecule has 0 spiro atoms. The molecule has 21 heavy (non-hydrogen) atoms. The average Bonchev–Trinajstić information content (AvgIpc) is 2.44. The van der Waals surface area contributed by atoms with E-state index in [0.29, 0.717) is 13.0 Å². The summed E-state index contributed by atoms with van der Waals surface area (Å²) in [5, 5.41) is 16.3. The maximum atomic E-state index is 10.6. The van der Waals surface area contributed by atoms with Crippen LogP contribution in [-0.4, -0.2) is 46.7 Å². The van der Waals surface area contributed by atoms with Crippen molar-refractivity contribution in [3.63, 3.8) is 0 Å². The number of nitrogens with two attached hydrogens (primary N) is 4. The molecule has 10 nitrogen and oxygen atoms in total. The second-order valence-electron chi connectivity index (χ2n) is 4.20. The number of hydrogen-bond donors (Lipinski definition) is 6. The second-order valence-corrected chi connectivity index (χ2v) is 4.20. The van der Waals surface area contributed by atoms with Gasteiger partial charge in [0.1, 0.15) is 12.1 Å². The van der Waals surface area contributed by atoms with E-state index in [0.717, 1.165) is 12.8 Å². The molecule has 10 N–H and O–H groups in total. The van der Waals surface area contributed by atoms with E-state index in [-0.39, 0.29) is 12.8 Å². The highest BCUT2D eigenvalue weighted by molar-refractivity contribution is 5.75. The first kappa shape index (κ1) is 21.5. The zero-order chi connectivity index (χ0) is 16.8. The third kappa shape index (κ3) is 14.5. The van der Waals surface area contributed by atoms with Crippen LogP contribution in [0, 0.1) is 0 Å². The van der Waals surface area contributed by atoms with Crippen LogP contribution in [0.4, 0.5) is 0 Å². The minimum Gasteiger partial charge on any atom is -0.481 e. The van der Waals surface area contributed by atoms with Gasteiger partial charge in [0.15, 0.2) is 0 Å². The number of hydrogen-bond acceptors (Lipinski definition) is 8. The van der Waals surface area contributed by atoms with Gasteiger partial charge in [0, 0.05) is 6.42 Å². The Kier molecular flexibility index (Phi) is 13.6. The predicted molar refractivity (Wildman–Crippen MR) is 73.6 cm³/mol. The van der Waals surface area contributed by atoms with Gasteiger partial charge in [0.05, 0.1) is 0 Å². The predicted octanol–water partition coefficient (Wildman–Crippen LogP) is -1.88.